The lowest BCUT2D eigenvalue weighted by Crippen LogP contribution is -2.30. The van der Waals surface area contributed by atoms with Gasteiger partial charge in [0, 0.05) is 18.7 Å². The first kappa shape index (κ1) is 17.9. The van der Waals surface area contributed by atoms with E-state index in [9.17, 15) is 14.4 Å². The van der Waals surface area contributed by atoms with Gasteiger partial charge in [0.25, 0.3) is 17.7 Å². The van der Waals surface area contributed by atoms with Crippen LogP contribution in [0.25, 0.3) is 0 Å². The number of amides is 3. The Morgan fingerprint density at radius 2 is 1.77 bits per heavy atom. The van der Waals surface area contributed by atoms with Gasteiger partial charge >= 0.3 is 0 Å². The zero-order valence-electron chi connectivity index (χ0n) is 15.0. The van der Waals surface area contributed by atoms with Crippen molar-refractivity contribution >= 4 is 17.7 Å². The van der Waals surface area contributed by atoms with E-state index in [1.54, 1.807) is 12.1 Å². The van der Waals surface area contributed by atoms with Crippen LogP contribution in [0, 0.1) is 6.92 Å². The Morgan fingerprint density at radius 3 is 2.50 bits per heavy atom. The number of carbonyl (C=O) groups excluding carboxylic acids is 3. The fourth-order valence-electron chi connectivity index (χ4n) is 3.04. The quantitative estimate of drug-likeness (QED) is 0.813. The summed E-state index contributed by atoms with van der Waals surface area (Å²) in [7, 11) is 0. The SMILES string of the molecule is CCCCN1C(=O)c2ccc(C(=O)NCc3ccccc3C)cc2C1=O. The molecule has 0 spiro atoms. The van der Waals surface area contributed by atoms with Crippen LogP contribution in [-0.2, 0) is 6.54 Å². The van der Waals surface area contributed by atoms with Gasteiger partial charge in [-0.2, -0.15) is 0 Å². The van der Waals surface area contributed by atoms with Crippen molar-refractivity contribution in [2.24, 2.45) is 0 Å². The lowest BCUT2D eigenvalue weighted by molar-refractivity contribution is 0.0652. The van der Waals surface area contributed by atoms with E-state index in [1.807, 2.05) is 38.1 Å². The van der Waals surface area contributed by atoms with Gasteiger partial charge < -0.3 is 5.32 Å². The van der Waals surface area contributed by atoms with Gasteiger partial charge in [0.1, 0.15) is 0 Å². The van der Waals surface area contributed by atoms with Crippen molar-refractivity contribution in [1.82, 2.24) is 10.2 Å². The third-order valence-corrected chi connectivity index (χ3v) is 4.67. The second-order valence-corrected chi connectivity index (χ2v) is 6.49. The molecule has 0 saturated carbocycles. The minimum absolute atomic E-state index is 0.261. The Kier molecular flexibility index (Phi) is 5.16. The fourth-order valence-corrected chi connectivity index (χ4v) is 3.04. The highest BCUT2D eigenvalue weighted by atomic mass is 16.2. The molecule has 0 aliphatic carbocycles. The smallest absolute Gasteiger partial charge is 0.261 e. The molecule has 5 nitrogen and oxygen atoms in total. The monoisotopic (exact) mass is 350 g/mol. The molecule has 0 unspecified atom stereocenters. The maximum atomic E-state index is 12.5. The Bertz CT molecular complexity index is 873. The van der Waals surface area contributed by atoms with Gasteiger partial charge in [-0.05, 0) is 42.7 Å². The molecule has 0 saturated heterocycles. The predicted molar refractivity (Wildman–Crippen MR) is 99.1 cm³/mol. The van der Waals surface area contributed by atoms with Crippen LogP contribution in [-0.4, -0.2) is 29.2 Å². The van der Waals surface area contributed by atoms with Crippen molar-refractivity contribution in [3.05, 3.63) is 70.3 Å². The summed E-state index contributed by atoms with van der Waals surface area (Å²) in [5.74, 6) is -0.847. The van der Waals surface area contributed by atoms with Crippen molar-refractivity contribution in [3.63, 3.8) is 0 Å². The molecule has 2 aromatic rings. The van der Waals surface area contributed by atoms with Crippen LogP contribution in [0.3, 0.4) is 0 Å². The zero-order valence-corrected chi connectivity index (χ0v) is 15.0. The van der Waals surface area contributed by atoms with E-state index >= 15 is 0 Å². The number of nitrogens with one attached hydrogen (secondary N) is 1. The first-order valence-corrected chi connectivity index (χ1v) is 8.86. The Labute approximate surface area is 153 Å². The molecule has 0 bridgehead atoms. The summed E-state index contributed by atoms with van der Waals surface area (Å²) in [5, 5.41) is 2.87. The molecule has 2 aromatic carbocycles. The molecule has 3 amide bonds. The summed E-state index contributed by atoms with van der Waals surface area (Å²) in [6, 6.07) is 12.5. The van der Waals surface area contributed by atoms with E-state index in [4.69, 9.17) is 0 Å². The number of benzene rings is 2. The molecule has 1 N–H and O–H groups in total. The van der Waals surface area contributed by atoms with Crippen molar-refractivity contribution < 1.29 is 14.4 Å². The largest absolute Gasteiger partial charge is 0.348 e. The summed E-state index contributed by atoms with van der Waals surface area (Å²) in [6.07, 6.45) is 1.68. The molecule has 0 aromatic heterocycles. The molecule has 0 fully saturated rings. The molecule has 1 aliphatic rings. The van der Waals surface area contributed by atoms with Crippen LogP contribution >= 0.6 is 0 Å². The van der Waals surface area contributed by atoms with E-state index < -0.39 is 0 Å². The van der Waals surface area contributed by atoms with E-state index in [0.717, 1.165) is 24.0 Å². The van der Waals surface area contributed by atoms with E-state index in [1.165, 1.54) is 11.0 Å². The van der Waals surface area contributed by atoms with Crippen LogP contribution < -0.4 is 5.32 Å². The van der Waals surface area contributed by atoms with Crippen molar-refractivity contribution in [2.75, 3.05) is 6.54 Å². The van der Waals surface area contributed by atoms with Gasteiger partial charge in [-0.25, -0.2) is 0 Å². The van der Waals surface area contributed by atoms with Crippen LogP contribution in [0.5, 0.6) is 0 Å². The van der Waals surface area contributed by atoms with Gasteiger partial charge in [-0.1, -0.05) is 37.6 Å². The Morgan fingerprint density at radius 1 is 1.04 bits per heavy atom. The third-order valence-electron chi connectivity index (χ3n) is 4.67. The molecule has 0 atom stereocenters. The summed E-state index contributed by atoms with van der Waals surface area (Å²) in [6.45, 7) is 4.83. The first-order valence-electron chi connectivity index (χ1n) is 8.86. The molecular formula is C21H22N2O3. The summed E-state index contributed by atoms with van der Waals surface area (Å²) >= 11 is 0. The lowest BCUT2D eigenvalue weighted by atomic mass is 10.0. The minimum Gasteiger partial charge on any atom is -0.348 e. The van der Waals surface area contributed by atoms with Gasteiger partial charge in [0.2, 0.25) is 0 Å². The van der Waals surface area contributed by atoms with Gasteiger partial charge in [0.15, 0.2) is 0 Å². The number of hydrogen-bond donors (Lipinski definition) is 1. The standard InChI is InChI=1S/C21H22N2O3/c1-3-4-11-23-20(25)17-10-9-15(12-18(17)21(23)26)19(24)22-13-16-8-6-5-7-14(16)2/h5-10,12H,3-4,11,13H2,1-2H3,(H,22,24). The number of carbonyl (C=O) groups is 3. The highest BCUT2D eigenvalue weighted by Gasteiger charge is 2.35. The Hall–Kier alpha value is -2.95. The summed E-state index contributed by atoms with van der Waals surface area (Å²) in [4.78, 5) is 38.5. The van der Waals surface area contributed by atoms with Crippen molar-refractivity contribution in [2.45, 2.75) is 33.2 Å². The molecule has 0 radical (unpaired) electrons. The molecule has 1 aliphatic heterocycles. The van der Waals surface area contributed by atoms with Gasteiger partial charge in [-0.15, -0.1) is 0 Å². The Balaban J connectivity index is 1.74. The molecule has 1 heterocycles. The minimum atomic E-state index is -0.313. The van der Waals surface area contributed by atoms with Crippen LogP contribution in [0.15, 0.2) is 42.5 Å². The average Bonchev–Trinajstić information content (AvgIpc) is 2.89. The normalized spacial score (nSPS) is 13.1. The molecule has 3 rings (SSSR count). The lowest BCUT2D eigenvalue weighted by Gasteiger charge is -2.12. The highest BCUT2D eigenvalue weighted by Crippen LogP contribution is 2.24. The summed E-state index contributed by atoms with van der Waals surface area (Å²) < 4.78 is 0. The van der Waals surface area contributed by atoms with Crippen molar-refractivity contribution in [1.29, 1.82) is 0 Å². The van der Waals surface area contributed by atoms with Crippen LogP contribution in [0.4, 0.5) is 0 Å². The second kappa shape index (κ2) is 7.52. The van der Waals surface area contributed by atoms with E-state index in [0.29, 0.717) is 29.8 Å². The maximum Gasteiger partial charge on any atom is 0.261 e. The van der Waals surface area contributed by atoms with Gasteiger partial charge in [-0.3, -0.25) is 19.3 Å². The summed E-state index contributed by atoms with van der Waals surface area (Å²) in [5.41, 5.74) is 3.22. The van der Waals surface area contributed by atoms with Crippen molar-refractivity contribution in [3.8, 4) is 0 Å². The topological polar surface area (TPSA) is 66.5 Å². The van der Waals surface area contributed by atoms with E-state index in [-0.39, 0.29) is 17.7 Å². The number of aryl methyl sites for hydroxylation is 1. The van der Waals surface area contributed by atoms with E-state index in [2.05, 4.69) is 5.32 Å². The maximum absolute atomic E-state index is 12.5. The fraction of sp³-hybridized carbons (Fsp3) is 0.286. The number of fused-ring (bicyclic) bond motifs is 1. The average molecular weight is 350 g/mol. The number of nitrogens with zero attached hydrogens (tertiary/aromatic N) is 1. The first-order chi connectivity index (χ1) is 12.5. The second-order valence-electron chi connectivity index (χ2n) is 6.49. The zero-order chi connectivity index (χ0) is 18.7. The van der Waals surface area contributed by atoms with Gasteiger partial charge in [0.05, 0.1) is 11.1 Å². The molecule has 26 heavy (non-hydrogen) atoms. The highest BCUT2D eigenvalue weighted by molar-refractivity contribution is 6.22. The number of hydrogen-bond acceptors (Lipinski definition) is 3. The third kappa shape index (κ3) is 3.38. The molecule has 134 valence electrons. The molecular weight excluding hydrogens is 328 g/mol. The molecule has 5 heteroatoms. The number of rotatable bonds is 6. The van der Waals surface area contributed by atoms with Crippen LogP contribution in [0.2, 0.25) is 0 Å². The van der Waals surface area contributed by atoms with Crippen LogP contribution in [0.1, 0.15) is 62.0 Å². The number of imide groups is 1. The number of unbranched alkanes of at least 4 members (excludes halogenated alkanes) is 1. The predicted octanol–water partition coefficient (Wildman–Crippen LogP) is 3.32.